The molecule has 11 heavy (non-hydrogen) atoms. The van der Waals surface area contributed by atoms with Gasteiger partial charge in [0.2, 0.25) is 0 Å². The van der Waals surface area contributed by atoms with E-state index in [0.29, 0.717) is 0 Å². The van der Waals surface area contributed by atoms with Gasteiger partial charge in [-0.15, -0.1) is 0 Å². The summed E-state index contributed by atoms with van der Waals surface area (Å²) in [5.74, 6) is 1.02. The summed E-state index contributed by atoms with van der Waals surface area (Å²) >= 11 is 0. The third-order valence-electron chi connectivity index (χ3n) is 1.77. The van der Waals surface area contributed by atoms with E-state index in [1.807, 2.05) is 24.3 Å². The van der Waals surface area contributed by atoms with E-state index < -0.39 is 0 Å². The van der Waals surface area contributed by atoms with E-state index in [9.17, 15) is 0 Å². The highest BCUT2D eigenvalue weighted by Crippen LogP contribution is 2.19. The van der Waals surface area contributed by atoms with Crippen molar-refractivity contribution in [3.8, 4) is 0 Å². The van der Waals surface area contributed by atoms with Crippen LogP contribution in [0.2, 0.25) is 0 Å². The molecule has 0 saturated heterocycles. The fourth-order valence-electron chi connectivity index (χ4n) is 1.22. The maximum absolute atomic E-state index is 4.16. The number of hydrogen-bond acceptors (Lipinski definition) is 3. The van der Waals surface area contributed by atoms with Gasteiger partial charge in [-0.25, -0.2) is 9.97 Å². The summed E-state index contributed by atoms with van der Waals surface area (Å²) < 4.78 is 0. The fraction of sp³-hybridized carbons (Fsp3) is 0.250. The standard InChI is InChI=1S/C8H9N3/c1-11-4-2-3-7-5-9-6-10-8(7)11/h2,4-6H,3H2,1H3. The lowest BCUT2D eigenvalue weighted by Crippen LogP contribution is -2.15. The maximum Gasteiger partial charge on any atom is 0.139 e. The van der Waals surface area contributed by atoms with Crippen LogP contribution in [-0.2, 0) is 6.42 Å². The van der Waals surface area contributed by atoms with Gasteiger partial charge in [-0.05, 0) is 6.42 Å². The molecule has 0 N–H and O–H groups in total. The molecule has 56 valence electrons. The molecule has 3 heteroatoms. The van der Waals surface area contributed by atoms with Gasteiger partial charge in [-0.3, -0.25) is 0 Å². The molecule has 0 aromatic carbocycles. The summed E-state index contributed by atoms with van der Waals surface area (Å²) in [5.41, 5.74) is 1.19. The summed E-state index contributed by atoms with van der Waals surface area (Å²) in [5, 5.41) is 0. The molecule has 0 atom stereocenters. The Balaban J connectivity index is 2.50. The Hall–Kier alpha value is -1.38. The molecule has 1 aromatic heterocycles. The van der Waals surface area contributed by atoms with Gasteiger partial charge in [0.15, 0.2) is 0 Å². The van der Waals surface area contributed by atoms with E-state index in [-0.39, 0.29) is 0 Å². The van der Waals surface area contributed by atoms with Crippen LogP contribution in [0.5, 0.6) is 0 Å². The minimum atomic E-state index is 0.945. The van der Waals surface area contributed by atoms with Crippen molar-refractivity contribution in [1.29, 1.82) is 0 Å². The first-order chi connectivity index (χ1) is 5.38. The lowest BCUT2D eigenvalue weighted by atomic mass is 10.2. The largest absolute Gasteiger partial charge is 0.336 e. The van der Waals surface area contributed by atoms with Crippen LogP contribution in [0.15, 0.2) is 24.8 Å². The zero-order chi connectivity index (χ0) is 7.68. The molecule has 0 amide bonds. The molecular weight excluding hydrogens is 138 g/mol. The van der Waals surface area contributed by atoms with Gasteiger partial charge < -0.3 is 4.90 Å². The van der Waals surface area contributed by atoms with E-state index in [2.05, 4.69) is 16.0 Å². The minimum Gasteiger partial charge on any atom is -0.336 e. The van der Waals surface area contributed by atoms with Gasteiger partial charge in [0.05, 0.1) is 0 Å². The van der Waals surface area contributed by atoms with E-state index in [1.165, 1.54) is 5.56 Å². The second-order valence-electron chi connectivity index (χ2n) is 2.57. The molecule has 2 rings (SSSR count). The molecule has 0 fully saturated rings. The monoisotopic (exact) mass is 147 g/mol. The van der Waals surface area contributed by atoms with E-state index in [1.54, 1.807) is 6.33 Å². The molecule has 1 aliphatic heterocycles. The Bertz CT molecular complexity index is 293. The molecule has 3 nitrogen and oxygen atoms in total. The number of anilines is 1. The Morgan fingerprint density at radius 3 is 3.27 bits per heavy atom. The fourth-order valence-corrected chi connectivity index (χ4v) is 1.22. The number of rotatable bonds is 0. The van der Waals surface area contributed by atoms with Crippen molar-refractivity contribution in [3.63, 3.8) is 0 Å². The predicted molar refractivity (Wildman–Crippen MR) is 43.3 cm³/mol. The second kappa shape index (κ2) is 2.34. The van der Waals surface area contributed by atoms with Crippen molar-refractivity contribution in [2.45, 2.75) is 6.42 Å². The van der Waals surface area contributed by atoms with E-state index in [4.69, 9.17) is 0 Å². The first kappa shape index (κ1) is 6.34. The van der Waals surface area contributed by atoms with Crippen molar-refractivity contribution >= 4 is 5.82 Å². The second-order valence-corrected chi connectivity index (χ2v) is 2.57. The number of hydrogen-bond donors (Lipinski definition) is 0. The third-order valence-corrected chi connectivity index (χ3v) is 1.77. The molecule has 0 saturated carbocycles. The summed E-state index contributed by atoms with van der Waals surface area (Å²) in [6, 6.07) is 0. The van der Waals surface area contributed by atoms with Gasteiger partial charge in [-0.1, -0.05) is 6.08 Å². The Kier molecular flexibility index (Phi) is 1.35. The van der Waals surface area contributed by atoms with Gasteiger partial charge in [0.25, 0.3) is 0 Å². The third kappa shape index (κ3) is 0.981. The Morgan fingerprint density at radius 2 is 2.45 bits per heavy atom. The molecule has 1 aromatic rings. The zero-order valence-electron chi connectivity index (χ0n) is 6.36. The minimum absolute atomic E-state index is 0.945. The Morgan fingerprint density at radius 1 is 1.55 bits per heavy atom. The highest BCUT2D eigenvalue weighted by atomic mass is 15.2. The summed E-state index contributed by atoms with van der Waals surface area (Å²) in [4.78, 5) is 10.1. The summed E-state index contributed by atoms with van der Waals surface area (Å²) in [6.45, 7) is 0. The molecule has 1 aliphatic rings. The normalized spacial score (nSPS) is 14.8. The van der Waals surface area contributed by atoms with Crippen LogP contribution in [0.25, 0.3) is 0 Å². The Labute approximate surface area is 65.4 Å². The lowest BCUT2D eigenvalue weighted by Gasteiger charge is -2.19. The van der Waals surface area contributed by atoms with Crippen molar-refractivity contribution in [2.24, 2.45) is 0 Å². The quantitative estimate of drug-likeness (QED) is 0.547. The number of allylic oxidation sites excluding steroid dienone is 1. The van der Waals surface area contributed by atoms with Gasteiger partial charge in [0.1, 0.15) is 12.1 Å². The number of nitrogens with zero attached hydrogens (tertiary/aromatic N) is 3. The SMILES string of the molecule is CN1C=CCc2cncnc21. The van der Waals surface area contributed by atoms with Crippen LogP contribution in [0.3, 0.4) is 0 Å². The van der Waals surface area contributed by atoms with Crippen molar-refractivity contribution in [1.82, 2.24) is 9.97 Å². The van der Waals surface area contributed by atoms with Gasteiger partial charge in [-0.2, -0.15) is 0 Å². The van der Waals surface area contributed by atoms with Crippen LogP contribution < -0.4 is 4.90 Å². The first-order valence-electron chi connectivity index (χ1n) is 3.56. The van der Waals surface area contributed by atoms with Gasteiger partial charge >= 0.3 is 0 Å². The van der Waals surface area contributed by atoms with Crippen molar-refractivity contribution in [2.75, 3.05) is 11.9 Å². The number of aromatic nitrogens is 2. The van der Waals surface area contributed by atoms with Crippen LogP contribution in [0, 0.1) is 0 Å². The molecule has 0 bridgehead atoms. The van der Waals surface area contributed by atoms with Crippen LogP contribution in [0.1, 0.15) is 5.56 Å². The lowest BCUT2D eigenvalue weighted by molar-refractivity contribution is 0.992. The first-order valence-corrected chi connectivity index (χ1v) is 3.56. The van der Waals surface area contributed by atoms with Gasteiger partial charge in [0, 0.05) is 25.0 Å². The summed E-state index contributed by atoms with van der Waals surface area (Å²) in [7, 11) is 1.99. The summed E-state index contributed by atoms with van der Waals surface area (Å²) in [6.07, 6.45) is 8.51. The highest BCUT2D eigenvalue weighted by molar-refractivity contribution is 5.50. The average molecular weight is 147 g/mol. The van der Waals surface area contributed by atoms with E-state index in [0.717, 1.165) is 12.2 Å². The topological polar surface area (TPSA) is 29.0 Å². The molecule has 2 heterocycles. The predicted octanol–water partition coefficient (Wildman–Crippen LogP) is 0.983. The molecular formula is C8H9N3. The van der Waals surface area contributed by atoms with Crippen molar-refractivity contribution < 1.29 is 0 Å². The molecule has 0 spiro atoms. The van der Waals surface area contributed by atoms with Crippen LogP contribution in [-0.4, -0.2) is 17.0 Å². The van der Waals surface area contributed by atoms with Crippen LogP contribution >= 0.6 is 0 Å². The van der Waals surface area contributed by atoms with E-state index >= 15 is 0 Å². The average Bonchev–Trinajstić information content (AvgIpc) is 2.06. The molecule has 0 radical (unpaired) electrons. The maximum atomic E-state index is 4.16. The number of fused-ring (bicyclic) bond motifs is 1. The smallest absolute Gasteiger partial charge is 0.139 e. The molecule has 0 unspecified atom stereocenters. The van der Waals surface area contributed by atoms with Crippen LogP contribution in [0.4, 0.5) is 5.82 Å². The zero-order valence-corrected chi connectivity index (χ0v) is 6.36. The molecule has 0 aliphatic carbocycles. The highest BCUT2D eigenvalue weighted by Gasteiger charge is 2.08. The van der Waals surface area contributed by atoms with Crippen molar-refractivity contribution in [3.05, 3.63) is 30.4 Å².